The summed E-state index contributed by atoms with van der Waals surface area (Å²) in [6.45, 7) is 6.16. The number of benzene rings is 1. The quantitative estimate of drug-likeness (QED) is 0.893. The third-order valence-corrected chi connectivity index (χ3v) is 3.10. The fraction of sp³-hybridized carbons (Fsp3) is 0.333. The summed E-state index contributed by atoms with van der Waals surface area (Å²) in [6.07, 6.45) is 1.46. The Kier molecular flexibility index (Phi) is 4.08. The van der Waals surface area contributed by atoms with Crippen molar-refractivity contribution in [2.75, 3.05) is 18.2 Å². The molecule has 3 N–H and O–H groups in total. The average Bonchev–Trinajstić information content (AvgIpc) is 2.38. The third kappa shape index (κ3) is 2.82. The maximum Gasteiger partial charge on any atom is 0.142 e. The first-order valence-corrected chi connectivity index (χ1v) is 6.55. The predicted octanol–water partition coefficient (Wildman–Crippen LogP) is 3.24. The summed E-state index contributed by atoms with van der Waals surface area (Å²) < 4.78 is 5.37. The van der Waals surface area contributed by atoms with Gasteiger partial charge < -0.3 is 15.8 Å². The second-order valence-electron chi connectivity index (χ2n) is 5.00. The Balaban J connectivity index is 2.45. The largest absolute Gasteiger partial charge is 0.495 e. The SMILES string of the molecule is COc1ccc(C)cc1Nc1ncnc(N)c1C(C)C. The van der Waals surface area contributed by atoms with E-state index in [2.05, 4.69) is 29.1 Å². The molecule has 5 nitrogen and oxygen atoms in total. The van der Waals surface area contributed by atoms with Crippen molar-refractivity contribution in [2.24, 2.45) is 0 Å². The van der Waals surface area contributed by atoms with E-state index in [-0.39, 0.29) is 5.92 Å². The van der Waals surface area contributed by atoms with Gasteiger partial charge >= 0.3 is 0 Å². The van der Waals surface area contributed by atoms with Crippen molar-refractivity contribution in [3.05, 3.63) is 35.7 Å². The number of nitrogen functional groups attached to an aromatic ring is 1. The Hall–Kier alpha value is -2.30. The van der Waals surface area contributed by atoms with Gasteiger partial charge in [-0.1, -0.05) is 19.9 Å². The Labute approximate surface area is 119 Å². The summed E-state index contributed by atoms with van der Waals surface area (Å²) in [4.78, 5) is 8.36. The summed E-state index contributed by atoms with van der Waals surface area (Å²) >= 11 is 0. The molecular formula is C15H20N4O. The van der Waals surface area contributed by atoms with Crippen LogP contribution < -0.4 is 15.8 Å². The van der Waals surface area contributed by atoms with Gasteiger partial charge in [-0.25, -0.2) is 9.97 Å². The maximum atomic E-state index is 5.95. The molecule has 0 aliphatic carbocycles. The van der Waals surface area contributed by atoms with Gasteiger partial charge in [-0.2, -0.15) is 0 Å². The van der Waals surface area contributed by atoms with Gasteiger partial charge in [-0.3, -0.25) is 0 Å². The highest BCUT2D eigenvalue weighted by Crippen LogP contribution is 2.32. The monoisotopic (exact) mass is 272 g/mol. The van der Waals surface area contributed by atoms with Crippen LogP contribution in [0.15, 0.2) is 24.5 Å². The van der Waals surface area contributed by atoms with E-state index in [4.69, 9.17) is 10.5 Å². The van der Waals surface area contributed by atoms with Crippen LogP contribution in [0, 0.1) is 6.92 Å². The Bertz CT molecular complexity index is 611. The van der Waals surface area contributed by atoms with Crippen molar-refractivity contribution in [1.82, 2.24) is 9.97 Å². The van der Waals surface area contributed by atoms with E-state index >= 15 is 0 Å². The molecule has 5 heteroatoms. The maximum absolute atomic E-state index is 5.95. The molecule has 0 spiro atoms. The summed E-state index contributed by atoms with van der Waals surface area (Å²) in [5.74, 6) is 2.22. The summed E-state index contributed by atoms with van der Waals surface area (Å²) in [7, 11) is 1.65. The van der Waals surface area contributed by atoms with Gasteiger partial charge in [-0.05, 0) is 30.5 Å². The highest BCUT2D eigenvalue weighted by atomic mass is 16.5. The molecule has 0 saturated carbocycles. The number of rotatable bonds is 4. The number of hydrogen-bond acceptors (Lipinski definition) is 5. The molecule has 0 bridgehead atoms. The molecule has 20 heavy (non-hydrogen) atoms. The molecule has 2 aromatic rings. The fourth-order valence-corrected chi connectivity index (χ4v) is 2.13. The van der Waals surface area contributed by atoms with Crippen molar-refractivity contribution in [3.8, 4) is 5.75 Å². The van der Waals surface area contributed by atoms with Crippen LogP contribution in [0.25, 0.3) is 0 Å². The van der Waals surface area contributed by atoms with Crippen molar-refractivity contribution in [2.45, 2.75) is 26.7 Å². The first kappa shape index (κ1) is 14.1. The van der Waals surface area contributed by atoms with E-state index in [0.717, 1.165) is 28.4 Å². The van der Waals surface area contributed by atoms with Gasteiger partial charge in [0.05, 0.1) is 12.8 Å². The molecule has 0 radical (unpaired) electrons. The zero-order valence-corrected chi connectivity index (χ0v) is 12.3. The fourth-order valence-electron chi connectivity index (χ4n) is 2.13. The second kappa shape index (κ2) is 5.77. The van der Waals surface area contributed by atoms with Crippen LogP contribution in [0.2, 0.25) is 0 Å². The zero-order chi connectivity index (χ0) is 14.7. The molecule has 1 heterocycles. The second-order valence-corrected chi connectivity index (χ2v) is 5.00. The van der Waals surface area contributed by atoms with Crippen molar-refractivity contribution < 1.29 is 4.74 Å². The van der Waals surface area contributed by atoms with E-state index < -0.39 is 0 Å². The standard InChI is InChI=1S/C15H20N4O/c1-9(2)13-14(16)17-8-18-15(13)19-11-7-10(3)5-6-12(11)20-4/h5-9H,1-4H3,(H3,16,17,18,19). The summed E-state index contributed by atoms with van der Waals surface area (Å²) in [5.41, 5.74) is 8.88. The normalized spacial score (nSPS) is 10.7. The Morgan fingerprint density at radius 3 is 2.65 bits per heavy atom. The third-order valence-electron chi connectivity index (χ3n) is 3.10. The number of aromatic nitrogens is 2. The zero-order valence-electron chi connectivity index (χ0n) is 12.3. The number of nitrogens with two attached hydrogens (primary N) is 1. The highest BCUT2D eigenvalue weighted by Gasteiger charge is 2.14. The van der Waals surface area contributed by atoms with E-state index in [9.17, 15) is 0 Å². The minimum Gasteiger partial charge on any atom is -0.495 e. The molecule has 0 aliphatic heterocycles. The van der Waals surface area contributed by atoms with E-state index in [0.29, 0.717) is 5.82 Å². The van der Waals surface area contributed by atoms with Gasteiger partial charge in [0.15, 0.2) is 0 Å². The molecule has 0 aliphatic rings. The smallest absolute Gasteiger partial charge is 0.142 e. The first-order valence-electron chi connectivity index (χ1n) is 6.55. The first-order chi connectivity index (χ1) is 9.52. The van der Waals surface area contributed by atoms with Crippen LogP contribution in [0.3, 0.4) is 0 Å². The number of aryl methyl sites for hydroxylation is 1. The van der Waals surface area contributed by atoms with Crippen LogP contribution in [0.5, 0.6) is 5.75 Å². The molecule has 0 atom stereocenters. The van der Waals surface area contributed by atoms with Gasteiger partial charge in [0, 0.05) is 5.56 Å². The van der Waals surface area contributed by atoms with Gasteiger partial charge in [0.1, 0.15) is 23.7 Å². The molecule has 106 valence electrons. The Morgan fingerprint density at radius 1 is 1.25 bits per heavy atom. The number of methoxy groups -OCH3 is 1. The van der Waals surface area contributed by atoms with E-state index in [1.165, 1.54) is 6.33 Å². The molecule has 0 fully saturated rings. The highest BCUT2D eigenvalue weighted by molar-refractivity contribution is 5.69. The van der Waals surface area contributed by atoms with Gasteiger partial charge in [0.2, 0.25) is 0 Å². The lowest BCUT2D eigenvalue weighted by atomic mass is 10.0. The lowest BCUT2D eigenvalue weighted by molar-refractivity contribution is 0.416. The topological polar surface area (TPSA) is 73.1 Å². The lowest BCUT2D eigenvalue weighted by Crippen LogP contribution is -2.07. The van der Waals surface area contributed by atoms with Gasteiger partial charge in [0.25, 0.3) is 0 Å². The predicted molar refractivity (Wildman–Crippen MR) is 81.5 cm³/mol. The molecule has 0 saturated heterocycles. The number of hydrogen-bond donors (Lipinski definition) is 2. The van der Waals surface area contributed by atoms with Gasteiger partial charge in [-0.15, -0.1) is 0 Å². The van der Waals surface area contributed by atoms with Crippen LogP contribution in [-0.4, -0.2) is 17.1 Å². The van der Waals surface area contributed by atoms with E-state index in [1.807, 2.05) is 25.1 Å². The molecule has 1 aromatic carbocycles. The summed E-state index contributed by atoms with van der Waals surface area (Å²) in [5, 5.41) is 3.30. The molecular weight excluding hydrogens is 252 g/mol. The van der Waals surface area contributed by atoms with E-state index in [1.54, 1.807) is 7.11 Å². The number of anilines is 3. The number of nitrogens with one attached hydrogen (secondary N) is 1. The van der Waals surface area contributed by atoms with Crippen LogP contribution >= 0.6 is 0 Å². The molecule has 1 aromatic heterocycles. The van der Waals surface area contributed by atoms with Crippen LogP contribution in [-0.2, 0) is 0 Å². The lowest BCUT2D eigenvalue weighted by Gasteiger charge is -2.16. The minimum atomic E-state index is 0.231. The minimum absolute atomic E-state index is 0.231. The number of ether oxygens (including phenoxy) is 1. The van der Waals surface area contributed by atoms with Crippen LogP contribution in [0.1, 0.15) is 30.9 Å². The van der Waals surface area contributed by atoms with Crippen molar-refractivity contribution in [3.63, 3.8) is 0 Å². The average molecular weight is 272 g/mol. The Morgan fingerprint density at radius 2 is 2.00 bits per heavy atom. The molecule has 0 amide bonds. The van der Waals surface area contributed by atoms with Crippen molar-refractivity contribution in [1.29, 1.82) is 0 Å². The van der Waals surface area contributed by atoms with Crippen molar-refractivity contribution >= 4 is 17.3 Å². The molecule has 0 unspecified atom stereocenters. The molecule has 2 rings (SSSR count). The number of nitrogens with zero attached hydrogens (tertiary/aromatic N) is 2. The van der Waals surface area contributed by atoms with Crippen LogP contribution in [0.4, 0.5) is 17.3 Å². The summed E-state index contributed by atoms with van der Waals surface area (Å²) in [6, 6.07) is 5.94.